The lowest BCUT2D eigenvalue weighted by Gasteiger charge is -1.98. The maximum atomic E-state index is 11.8. The van der Waals surface area contributed by atoms with Crippen molar-refractivity contribution in [2.75, 3.05) is 11.1 Å². The van der Waals surface area contributed by atoms with Crippen LogP contribution in [0.3, 0.4) is 0 Å². The predicted octanol–water partition coefficient (Wildman–Crippen LogP) is 2.75. The van der Waals surface area contributed by atoms with Crippen molar-refractivity contribution >= 4 is 34.8 Å². The third kappa shape index (κ3) is 3.95. The Morgan fingerprint density at radius 1 is 1.45 bits per heavy atom. The minimum Gasteiger partial charge on any atom is -0.416 e. The quantitative estimate of drug-likeness (QED) is 0.692. The van der Waals surface area contributed by atoms with E-state index in [9.17, 15) is 4.79 Å². The molecule has 1 amide bonds. The molecule has 0 aliphatic heterocycles. The average molecular weight is 336 g/mol. The molecule has 0 aliphatic carbocycles. The summed E-state index contributed by atoms with van der Waals surface area (Å²) in [6, 6.07) is 5.63. The number of aryl methyl sites for hydroxylation is 1. The highest BCUT2D eigenvalue weighted by Gasteiger charge is 2.12. The molecular formula is C13H12N4O3S2. The third-order valence-corrected chi connectivity index (χ3v) is 4.27. The normalized spacial score (nSPS) is 10.8. The molecule has 0 atom stereocenters. The highest BCUT2D eigenvalue weighted by molar-refractivity contribution is 7.99. The van der Waals surface area contributed by atoms with Gasteiger partial charge in [-0.05, 0) is 18.4 Å². The first-order valence-corrected chi connectivity index (χ1v) is 8.26. The zero-order valence-electron chi connectivity index (χ0n) is 11.6. The summed E-state index contributed by atoms with van der Waals surface area (Å²) in [5, 5.41) is 16.6. The Labute approximate surface area is 134 Å². The van der Waals surface area contributed by atoms with Gasteiger partial charge in [-0.25, -0.2) is 0 Å². The summed E-state index contributed by atoms with van der Waals surface area (Å²) >= 11 is 2.81. The summed E-state index contributed by atoms with van der Waals surface area (Å²) in [5.41, 5.74) is 0. The first-order chi connectivity index (χ1) is 10.7. The van der Waals surface area contributed by atoms with Crippen LogP contribution in [0.15, 0.2) is 37.7 Å². The number of rotatable bonds is 6. The van der Waals surface area contributed by atoms with Crippen LogP contribution in [0.4, 0.5) is 5.82 Å². The Balaban J connectivity index is 1.49. The molecule has 3 rings (SSSR count). The number of carbonyl (C=O) groups is 1. The van der Waals surface area contributed by atoms with Gasteiger partial charge in [-0.3, -0.25) is 4.79 Å². The van der Waals surface area contributed by atoms with E-state index in [2.05, 4.69) is 20.7 Å². The Bertz CT molecular complexity index is 751. The molecule has 0 radical (unpaired) electrons. The lowest BCUT2D eigenvalue weighted by Crippen LogP contribution is -2.14. The van der Waals surface area contributed by atoms with Gasteiger partial charge in [0.05, 0.1) is 12.2 Å². The van der Waals surface area contributed by atoms with Crippen LogP contribution < -0.4 is 5.32 Å². The number of amides is 1. The lowest BCUT2D eigenvalue weighted by atomic mass is 10.3. The van der Waals surface area contributed by atoms with Gasteiger partial charge in [0.25, 0.3) is 5.22 Å². The van der Waals surface area contributed by atoms with Gasteiger partial charge in [0, 0.05) is 10.9 Å². The Kier molecular flexibility index (Phi) is 4.54. The summed E-state index contributed by atoms with van der Waals surface area (Å²) in [5.74, 6) is 1.52. The van der Waals surface area contributed by atoms with Crippen LogP contribution in [0, 0.1) is 6.92 Å². The zero-order chi connectivity index (χ0) is 15.4. The van der Waals surface area contributed by atoms with Gasteiger partial charge in [0.1, 0.15) is 5.76 Å². The number of thioether (sulfide) groups is 1. The smallest absolute Gasteiger partial charge is 0.277 e. The largest absolute Gasteiger partial charge is 0.416 e. The number of aromatic nitrogens is 3. The summed E-state index contributed by atoms with van der Waals surface area (Å²) in [4.78, 5) is 12.9. The second-order valence-corrected chi connectivity index (χ2v) is 6.34. The first-order valence-electron chi connectivity index (χ1n) is 6.40. The van der Waals surface area contributed by atoms with E-state index in [1.54, 1.807) is 24.3 Å². The molecule has 22 heavy (non-hydrogen) atoms. The molecule has 3 aromatic rings. The standard InChI is InChI=1S/C13H12N4O3S2/c1-8-5-10(17-20-8)14-11(18)7-22-13-16-15-12(19-13)6-9-3-2-4-21-9/h2-5H,6-7H2,1H3,(H,14,17,18). The van der Waals surface area contributed by atoms with Crippen LogP contribution >= 0.6 is 23.1 Å². The fourth-order valence-corrected chi connectivity index (χ4v) is 2.94. The predicted molar refractivity (Wildman–Crippen MR) is 82.0 cm³/mol. The van der Waals surface area contributed by atoms with Crippen LogP contribution in [0.2, 0.25) is 0 Å². The summed E-state index contributed by atoms with van der Waals surface area (Å²) in [6.07, 6.45) is 0.607. The molecule has 0 fully saturated rings. The van der Waals surface area contributed by atoms with E-state index < -0.39 is 0 Å². The summed E-state index contributed by atoms with van der Waals surface area (Å²) < 4.78 is 10.4. The van der Waals surface area contributed by atoms with E-state index >= 15 is 0 Å². The van der Waals surface area contributed by atoms with Crippen molar-refractivity contribution in [2.24, 2.45) is 0 Å². The highest BCUT2D eigenvalue weighted by Crippen LogP contribution is 2.19. The van der Waals surface area contributed by atoms with E-state index in [-0.39, 0.29) is 11.7 Å². The Morgan fingerprint density at radius 3 is 3.09 bits per heavy atom. The Hall–Kier alpha value is -2.13. The molecule has 0 aromatic carbocycles. The van der Waals surface area contributed by atoms with Crippen molar-refractivity contribution in [3.05, 3.63) is 40.1 Å². The van der Waals surface area contributed by atoms with Crippen LogP contribution in [-0.4, -0.2) is 27.0 Å². The molecule has 0 spiro atoms. The van der Waals surface area contributed by atoms with Crippen molar-refractivity contribution in [2.45, 2.75) is 18.6 Å². The van der Waals surface area contributed by atoms with Crippen LogP contribution in [-0.2, 0) is 11.2 Å². The van der Waals surface area contributed by atoms with Crippen molar-refractivity contribution < 1.29 is 13.7 Å². The van der Waals surface area contributed by atoms with Crippen molar-refractivity contribution in [1.29, 1.82) is 0 Å². The van der Waals surface area contributed by atoms with Crippen LogP contribution in [0.25, 0.3) is 0 Å². The molecule has 0 saturated carbocycles. The number of hydrogen-bond donors (Lipinski definition) is 1. The molecular weight excluding hydrogens is 324 g/mol. The maximum Gasteiger partial charge on any atom is 0.277 e. The molecule has 0 saturated heterocycles. The van der Waals surface area contributed by atoms with Crippen molar-refractivity contribution in [1.82, 2.24) is 15.4 Å². The fourth-order valence-electron chi connectivity index (χ4n) is 1.66. The average Bonchev–Trinajstić information content (AvgIpc) is 3.21. The van der Waals surface area contributed by atoms with Gasteiger partial charge in [-0.2, -0.15) is 0 Å². The zero-order valence-corrected chi connectivity index (χ0v) is 13.2. The van der Waals surface area contributed by atoms with Crippen molar-refractivity contribution in [3.63, 3.8) is 0 Å². The minimum atomic E-state index is -0.212. The molecule has 0 aliphatic rings. The van der Waals surface area contributed by atoms with Gasteiger partial charge < -0.3 is 14.3 Å². The van der Waals surface area contributed by atoms with Crippen LogP contribution in [0.1, 0.15) is 16.5 Å². The number of thiophene rings is 1. The van der Waals surface area contributed by atoms with Gasteiger partial charge in [-0.15, -0.1) is 21.5 Å². The van der Waals surface area contributed by atoms with E-state index in [1.807, 2.05) is 17.5 Å². The molecule has 0 bridgehead atoms. The molecule has 9 heteroatoms. The SMILES string of the molecule is Cc1cc(NC(=O)CSc2nnc(Cc3cccs3)o2)no1. The van der Waals surface area contributed by atoms with E-state index in [0.29, 0.717) is 29.1 Å². The summed E-state index contributed by atoms with van der Waals surface area (Å²) in [6.45, 7) is 1.75. The van der Waals surface area contributed by atoms with E-state index in [1.165, 1.54) is 11.8 Å². The third-order valence-electron chi connectivity index (χ3n) is 2.58. The maximum absolute atomic E-state index is 11.8. The number of nitrogens with one attached hydrogen (secondary N) is 1. The lowest BCUT2D eigenvalue weighted by molar-refractivity contribution is -0.113. The van der Waals surface area contributed by atoms with Gasteiger partial charge >= 0.3 is 0 Å². The van der Waals surface area contributed by atoms with Crippen molar-refractivity contribution in [3.8, 4) is 0 Å². The first kappa shape index (κ1) is 14.8. The summed E-state index contributed by atoms with van der Waals surface area (Å²) in [7, 11) is 0. The molecule has 3 heterocycles. The number of carbonyl (C=O) groups excluding carboxylic acids is 1. The Morgan fingerprint density at radius 2 is 2.36 bits per heavy atom. The van der Waals surface area contributed by atoms with Gasteiger partial charge in [0.15, 0.2) is 5.82 Å². The molecule has 114 valence electrons. The fraction of sp³-hybridized carbons (Fsp3) is 0.231. The minimum absolute atomic E-state index is 0.159. The second kappa shape index (κ2) is 6.75. The van der Waals surface area contributed by atoms with E-state index in [0.717, 1.165) is 4.88 Å². The van der Waals surface area contributed by atoms with E-state index in [4.69, 9.17) is 8.94 Å². The topological polar surface area (TPSA) is 94.1 Å². The van der Waals surface area contributed by atoms with Gasteiger partial charge in [-0.1, -0.05) is 23.0 Å². The monoisotopic (exact) mass is 336 g/mol. The number of nitrogens with zero attached hydrogens (tertiary/aromatic N) is 3. The number of anilines is 1. The number of hydrogen-bond acceptors (Lipinski definition) is 8. The molecule has 3 aromatic heterocycles. The van der Waals surface area contributed by atoms with Gasteiger partial charge in [0.2, 0.25) is 11.8 Å². The van der Waals surface area contributed by atoms with Crippen LogP contribution in [0.5, 0.6) is 0 Å². The molecule has 1 N–H and O–H groups in total. The highest BCUT2D eigenvalue weighted by atomic mass is 32.2. The second-order valence-electron chi connectivity index (χ2n) is 4.38. The molecule has 7 nitrogen and oxygen atoms in total. The molecule has 0 unspecified atom stereocenters.